The maximum absolute atomic E-state index is 12.1. The Labute approximate surface area is 152 Å². The molecule has 0 heterocycles. The normalized spacial score (nSPS) is 11.5. The first-order valence-electron chi connectivity index (χ1n) is 7.66. The van der Waals surface area contributed by atoms with Gasteiger partial charge in [0, 0.05) is 5.02 Å². The van der Waals surface area contributed by atoms with Crippen LogP contribution in [0.4, 0.5) is 0 Å². The topological polar surface area (TPSA) is 77.0 Å². The molecule has 0 aliphatic heterocycles. The summed E-state index contributed by atoms with van der Waals surface area (Å²) in [5, 5.41) is 4.26. The summed E-state index contributed by atoms with van der Waals surface area (Å²) in [5.74, 6) is 1.21. The summed E-state index contributed by atoms with van der Waals surface area (Å²) in [5.41, 5.74) is 0.672. The minimum atomic E-state index is -3.75. The average molecular weight is 383 g/mol. The van der Waals surface area contributed by atoms with Crippen LogP contribution in [0.5, 0.6) is 11.5 Å². The molecule has 6 nitrogen and oxygen atoms in total. The van der Waals surface area contributed by atoms with Gasteiger partial charge in [-0.3, -0.25) is 0 Å². The van der Waals surface area contributed by atoms with Crippen molar-refractivity contribution >= 4 is 27.8 Å². The standard InChI is InChI=1S/C17H19ClN2O4S/c1-3-23-16-10-5-13(11-17(16)24-4-2)12-19-20-25(21,22)15-8-6-14(18)7-9-15/h5-12,20H,3-4H2,1-2H3/b19-12+. The smallest absolute Gasteiger partial charge is 0.276 e. The number of sulfonamides is 1. The van der Waals surface area contributed by atoms with E-state index in [4.69, 9.17) is 21.1 Å². The van der Waals surface area contributed by atoms with E-state index >= 15 is 0 Å². The van der Waals surface area contributed by atoms with E-state index in [1.165, 1.54) is 30.5 Å². The van der Waals surface area contributed by atoms with E-state index in [0.717, 1.165) is 0 Å². The molecule has 0 bridgehead atoms. The minimum absolute atomic E-state index is 0.0794. The summed E-state index contributed by atoms with van der Waals surface area (Å²) in [6.07, 6.45) is 1.39. The van der Waals surface area contributed by atoms with E-state index in [1.54, 1.807) is 18.2 Å². The first-order valence-corrected chi connectivity index (χ1v) is 9.52. The van der Waals surface area contributed by atoms with E-state index in [9.17, 15) is 8.42 Å². The number of nitrogens with zero attached hydrogens (tertiary/aromatic N) is 1. The van der Waals surface area contributed by atoms with Crippen LogP contribution in [-0.2, 0) is 10.0 Å². The van der Waals surface area contributed by atoms with Crippen LogP contribution < -0.4 is 14.3 Å². The summed E-state index contributed by atoms with van der Waals surface area (Å²) in [4.78, 5) is 2.24. The number of hydrogen-bond donors (Lipinski definition) is 1. The molecule has 0 aliphatic carbocycles. The summed E-state index contributed by atoms with van der Waals surface area (Å²) in [7, 11) is -3.75. The third-order valence-corrected chi connectivity index (χ3v) is 4.57. The zero-order valence-electron chi connectivity index (χ0n) is 13.9. The third kappa shape index (κ3) is 5.37. The van der Waals surface area contributed by atoms with Crippen LogP contribution >= 0.6 is 11.6 Å². The van der Waals surface area contributed by atoms with Crippen LogP contribution in [0, 0.1) is 0 Å². The van der Waals surface area contributed by atoms with Crippen LogP contribution in [0.1, 0.15) is 19.4 Å². The van der Waals surface area contributed by atoms with Crippen LogP contribution in [0.25, 0.3) is 0 Å². The summed E-state index contributed by atoms with van der Waals surface area (Å²) in [6.45, 7) is 4.77. The molecule has 2 aromatic carbocycles. The van der Waals surface area contributed by atoms with Gasteiger partial charge in [-0.15, -0.1) is 0 Å². The van der Waals surface area contributed by atoms with Gasteiger partial charge >= 0.3 is 0 Å². The number of hydrogen-bond acceptors (Lipinski definition) is 5. The van der Waals surface area contributed by atoms with Crippen LogP contribution in [0.2, 0.25) is 5.02 Å². The zero-order valence-corrected chi connectivity index (χ0v) is 15.5. The Bertz CT molecular complexity index is 836. The molecule has 0 amide bonds. The predicted octanol–water partition coefficient (Wildman–Crippen LogP) is 3.45. The highest BCUT2D eigenvalue weighted by Crippen LogP contribution is 2.28. The zero-order chi connectivity index (χ0) is 18.3. The van der Waals surface area contributed by atoms with Gasteiger partial charge in [0.05, 0.1) is 24.3 Å². The van der Waals surface area contributed by atoms with E-state index in [-0.39, 0.29) is 4.90 Å². The highest BCUT2D eigenvalue weighted by molar-refractivity contribution is 7.89. The van der Waals surface area contributed by atoms with Gasteiger partial charge < -0.3 is 9.47 Å². The van der Waals surface area contributed by atoms with Crippen molar-refractivity contribution < 1.29 is 17.9 Å². The fourth-order valence-electron chi connectivity index (χ4n) is 1.98. The van der Waals surface area contributed by atoms with Crippen molar-refractivity contribution in [2.75, 3.05) is 13.2 Å². The van der Waals surface area contributed by atoms with E-state index < -0.39 is 10.0 Å². The summed E-state index contributed by atoms with van der Waals surface area (Å²) >= 11 is 5.75. The molecule has 25 heavy (non-hydrogen) atoms. The van der Waals surface area contributed by atoms with Crippen LogP contribution in [-0.4, -0.2) is 27.8 Å². The Balaban J connectivity index is 2.13. The quantitative estimate of drug-likeness (QED) is 0.560. The molecular weight excluding hydrogens is 364 g/mol. The molecule has 0 atom stereocenters. The molecule has 2 rings (SSSR count). The molecule has 0 aromatic heterocycles. The summed E-state index contributed by atoms with van der Waals surface area (Å²) in [6, 6.07) is 11.1. The second kappa shape index (κ2) is 8.73. The molecule has 0 spiro atoms. The number of hydrazone groups is 1. The lowest BCUT2D eigenvalue weighted by Gasteiger charge is -2.11. The van der Waals surface area contributed by atoms with Gasteiger partial charge in [0.25, 0.3) is 10.0 Å². The number of ether oxygens (including phenoxy) is 2. The molecular formula is C17H19ClN2O4S. The Morgan fingerprint density at radius 1 is 1.04 bits per heavy atom. The van der Waals surface area contributed by atoms with Crippen LogP contribution in [0.15, 0.2) is 52.5 Å². The monoisotopic (exact) mass is 382 g/mol. The van der Waals surface area contributed by atoms with Crippen molar-refractivity contribution in [1.82, 2.24) is 4.83 Å². The molecule has 1 N–H and O–H groups in total. The lowest BCUT2D eigenvalue weighted by molar-refractivity contribution is 0.288. The van der Waals surface area contributed by atoms with Gasteiger partial charge in [-0.25, -0.2) is 4.83 Å². The van der Waals surface area contributed by atoms with Gasteiger partial charge in [0.15, 0.2) is 11.5 Å². The van der Waals surface area contributed by atoms with Crippen molar-refractivity contribution in [1.29, 1.82) is 0 Å². The van der Waals surface area contributed by atoms with Gasteiger partial charge in [0.2, 0.25) is 0 Å². The molecule has 0 fully saturated rings. The fourth-order valence-corrected chi connectivity index (χ4v) is 2.90. The number of halogens is 1. The Morgan fingerprint density at radius 2 is 1.68 bits per heavy atom. The van der Waals surface area contributed by atoms with E-state index in [1.807, 2.05) is 13.8 Å². The van der Waals surface area contributed by atoms with Gasteiger partial charge in [-0.2, -0.15) is 13.5 Å². The molecule has 2 aromatic rings. The average Bonchev–Trinajstić information content (AvgIpc) is 2.58. The molecule has 0 unspecified atom stereocenters. The molecule has 0 aliphatic rings. The van der Waals surface area contributed by atoms with Crippen molar-refractivity contribution in [2.45, 2.75) is 18.7 Å². The fraction of sp³-hybridized carbons (Fsp3) is 0.235. The maximum atomic E-state index is 12.1. The molecule has 134 valence electrons. The SMILES string of the molecule is CCOc1ccc(/C=N/NS(=O)(=O)c2ccc(Cl)cc2)cc1OCC. The van der Waals surface area contributed by atoms with Gasteiger partial charge in [-0.1, -0.05) is 11.6 Å². The number of nitrogens with one attached hydrogen (secondary N) is 1. The van der Waals surface area contributed by atoms with E-state index in [0.29, 0.717) is 35.3 Å². The first-order chi connectivity index (χ1) is 12.0. The van der Waals surface area contributed by atoms with Crippen molar-refractivity contribution in [2.24, 2.45) is 5.10 Å². The Morgan fingerprint density at radius 3 is 2.32 bits per heavy atom. The Kier molecular flexibility index (Phi) is 6.66. The summed E-state index contributed by atoms with van der Waals surface area (Å²) < 4.78 is 35.3. The largest absolute Gasteiger partial charge is 0.490 e. The van der Waals surface area contributed by atoms with Crippen molar-refractivity contribution in [3.8, 4) is 11.5 Å². The van der Waals surface area contributed by atoms with Gasteiger partial charge in [0.1, 0.15) is 0 Å². The molecule has 0 radical (unpaired) electrons. The van der Waals surface area contributed by atoms with Gasteiger partial charge in [-0.05, 0) is 61.9 Å². The first kappa shape index (κ1) is 19.1. The minimum Gasteiger partial charge on any atom is -0.490 e. The second-order valence-corrected chi connectivity index (χ2v) is 6.98. The van der Waals surface area contributed by atoms with Crippen LogP contribution in [0.3, 0.4) is 0 Å². The predicted molar refractivity (Wildman–Crippen MR) is 98.1 cm³/mol. The van der Waals surface area contributed by atoms with Crippen molar-refractivity contribution in [3.05, 3.63) is 53.1 Å². The maximum Gasteiger partial charge on any atom is 0.276 e. The highest BCUT2D eigenvalue weighted by Gasteiger charge is 2.12. The van der Waals surface area contributed by atoms with E-state index in [2.05, 4.69) is 9.93 Å². The molecule has 8 heteroatoms. The lowest BCUT2D eigenvalue weighted by atomic mass is 10.2. The molecule has 0 saturated carbocycles. The lowest BCUT2D eigenvalue weighted by Crippen LogP contribution is -2.18. The number of benzene rings is 2. The third-order valence-electron chi connectivity index (χ3n) is 3.08. The molecule has 0 saturated heterocycles. The highest BCUT2D eigenvalue weighted by atomic mass is 35.5. The second-order valence-electron chi connectivity index (χ2n) is 4.88. The Hall–Kier alpha value is -2.25. The number of rotatable bonds is 8. The van der Waals surface area contributed by atoms with Crippen molar-refractivity contribution in [3.63, 3.8) is 0 Å².